The third-order valence-electron chi connectivity index (χ3n) is 2.87. The molecule has 0 aliphatic heterocycles. The van der Waals surface area contributed by atoms with Crippen molar-refractivity contribution in [1.29, 1.82) is 0 Å². The highest BCUT2D eigenvalue weighted by atomic mass is 79.9. The second kappa shape index (κ2) is 9.32. The van der Waals surface area contributed by atoms with Crippen molar-refractivity contribution >= 4 is 33.4 Å². The van der Waals surface area contributed by atoms with E-state index in [4.69, 9.17) is 11.6 Å². The zero-order valence-electron chi connectivity index (χ0n) is 11.2. The van der Waals surface area contributed by atoms with E-state index >= 15 is 0 Å². The van der Waals surface area contributed by atoms with Crippen molar-refractivity contribution in [3.63, 3.8) is 0 Å². The quantitative estimate of drug-likeness (QED) is 0.552. The highest BCUT2D eigenvalue weighted by Gasteiger charge is 2.11. The van der Waals surface area contributed by atoms with Gasteiger partial charge in [0, 0.05) is 17.2 Å². The van der Waals surface area contributed by atoms with E-state index in [1.165, 1.54) is 25.7 Å². The van der Waals surface area contributed by atoms with Gasteiger partial charge >= 0.3 is 0 Å². The number of aromatic nitrogens is 1. The van der Waals surface area contributed by atoms with Gasteiger partial charge in [-0.3, -0.25) is 4.79 Å². The minimum Gasteiger partial charge on any atom is -0.352 e. The first-order chi connectivity index (χ1) is 9.15. The minimum atomic E-state index is -0.160. The van der Waals surface area contributed by atoms with Gasteiger partial charge in [0.2, 0.25) is 0 Å². The highest BCUT2D eigenvalue weighted by molar-refractivity contribution is 9.10. The normalized spacial score (nSPS) is 10.5. The van der Waals surface area contributed by atoms with Crippen molar-refractivity contribution in [2.24, 2.45) is 0 Å². The topological polar surface area (TPSA) is 42.0 Å². The fourth-order valence-electron chi connectivity index (χ4n) is 1.78. The molecule has 0 atom stereocenters. The predicted octanol–water partition coefficient (Wildman–Crippen LogP) is 4.59. The molecule has 0 unspecified atom stereocenters. The number of carbonyl (C=O) groups excluding carboxylic acids is 1. The zero-order chi connectivity index (χ0) is 14.1. The smallest absolute Gasteiger partial charge is 0.254 e. The van der Waals surface area contributed by atoms with Gasteiger partial charge in [-0.15, -0.1) is 0 Å². The maximum absolute atomic E-state index is 11.9. The molecule has 0 bridgehead atoms. The molecule has 1 amide bonds. The predicted molar refractivity (Wildman–Crippen MR) is 82.7 cm³/mol. The van der Waals surface area contributed by atoms with E-state index in [0.717, 1.165) is 17.3 Å². The third kappa shape index (κ3) is 6.39. The molecule has 1 aromatic rings. The molecule has 0 saturated heterocycles. The Labute approximate surface area is 128 Å². The Hall–Kier alpha value is -0.610. The van der Waals surface area contributed by atoms with Crippen LogP contribution in [0.25, 0.3) is 0 Å². The van der Waals surface area contributed by atoms with Crippen molar-refractivity contribution in [1.82, 2.24) is 10.3 Å². The van der Waals surface area contributed by atoms with Gasteiger partial charge in [0.05, 0.1) is 5.56 Å². The number of carbonyl (C=O) groups is 1. The number of hydrogen-bond acceptors (Lipinski definition) is 2. The number of pyridine rings is 1. The number of rotatable bonds is 8. The molecule has 0 spiro atoms. The average Bonchev–Trinajstić information content (AvgIpc) is 2.40. The maximum atomic E-state index is 11.9. The summed E-state index contributed by atoms with van der Waals surface area (Å²) in [6.45, 7) is 2.89. The maximum Gasteiger partial charge on any atom is 0.254 e. The SMILES string of the molecule is CCCCCCCCNC(=O)c1cc(Br)cnc1Cl. The molecule has 0 saturated carbocycles. The second-order valence-electron chi connectivity index (χ2n) is 4.52. The number of nitrogens with one attached hydrogen (secondary N) is 1. The first kappa shape index (κ1) is 16.4. The Bertz CT molecular complexity index is 412. The summed E-state index contributed by atoms with van der Waals surface area (Å²) < 4.78 is 0.751. The fraction of sp³-hybridized carbons (Fsp3) is 0.571. The molecule has 106 valence electrons. The lowest BCUT2D eigenvalue weighted by Crippen LogP contribution is -2.25. The summed E-state index contributed by atoms with van der Waals surface area (Å²) in [6, 6.07) is 1.69. The monoisotopic (exact) mass is 346 g/mol. The van der Waals surface area contributed by atoms with Gasteiger partial charge < -0.3 is 5.32 Å². The van der Waals surface area contributed by atoms with Crippen LogP contribution in [0.3, 0.4) is 0 Å². The number of hydrogen-bond donors (Lipinski definition) is 1. The lowest BCUT2D eigenvalue weighted by atomic mass is 10.1. The van der Waals surface area contributed by atoms with E-state index in [-0.39, 0.29) is 11.1 Å². The largest absolute Gasteiger partial charge is 0.352 e. The molecule has 0 aliphatic rings. The van der Waals surface area contributed by atoms with Crippen molar-refractivity contribution < 1.29 is 4.79 Å². The Balaban J connectivity index is 2.26. The molecule has 5 heteroatoms. The molecular formula is C14H20BrClN2O. The van der Waals surface area contributed by atoms with Crippen LogP contribution in [-0.2, 0) is 0 Å². The lowest BCUT2D eigenvalue weighted by Gasteiger charge is -2.06. The van der Waals surface area contributed by atoms with Crippen LogP contribution < -0.4 is 5.32 Å². The summed E-state index contributed by atoms with van der Waals surface area (Å²) >= 11 is 9.18. The summed E-state index contributed by atoms with van der Waals surface area (Å²) in [5, 5.41) is 3.11. The molecule has 0 radical (unpaired) electrons. The van der Waals surface area contributed by atoms with Gasteiger partial charge in [-0.1, -0.05) is 50.6 Å². The number of unbranched alkanes of at least 4 members (excludes halogenated alkanes) is 5. The Morgan fingerprint density at radius 3 is 2.74 bits per heavy atom. The standard InChI is InChI=1S/C14H20BrClN2O/c1-2-3-4-5-6-7-8-17-14(19)12-9-11(15)10-18-13(12)16/h9-10H,2-8H2,1H3,(H,17,19). The van der Waals surface area contributed by atoms with Crippen LogP contribution >= 0.6 is 27.5 Å². The van der Waals surface area contributed by atoms with Crippen molar-refractivity contribution in [3.05, 3.63) is 27.5 Å². The van der Waals surface area contributed by atoms with E-state index in [0.29, 0.717) is 12.1 Å². The summed E-state index contributed by atoms with van der Waals surface area (Å²) in [5.74, 6) is -0.160. The van der Waals surface area contributed by atoms with Gasteiger partial charge in [0.15, 0.2) is 0 Å². The molecule has 0 fully saturated rings. The van der Waals surface area contributed by atoms with E-state index in [9.17, 15) is 4.79 Å². The molecule has 3 nitrogen and oxygen atoms in total. The van der Waals surface area contributed by atoms with E-state index < -0.39 is 0 Å². The molecule has 1 rings (SSSR count). The highest BCUT2D eigenvalue weighted by Crippen LogP contribution is 2.17. The average molecular weight is 348 g/mol. The molecule has 19 heavy (non-hydrogen) atoms. The Kier molecular flexibility index (Phi) is 8.07. The molecule has 1 heterocycles. The lowest BCUT2D eigenvalue weighted by molar-refractivity contribution is 0.0952. The summed E-state index contributed by atoms with van der Waals surface area (Å²) in [7, 11) is 0. The molecule has 0 aliphatic carbocycles. The van der Waals surface area contributed by atoms with Gasteiger partial charge in [-0.25, -0.2) is 4.98 Å². The first-order valence-corrected chi connectivity index (χ1v) is 7.91. The van der Waals surface area contributed by atoms with Crippen molar-refractivity contribution in [3.8, 4) is 0 Å². The fourth-order valence-corrected chi connectivity index (χ4v) is 2.30. The van der Waals surface area contributed by atoms with Crippen LogP contribution in [0.5, 0.6) is 0 Å². The van der Waals surface area contributed by atoms with Crippen LogP contribution in [0.15, 0.2) is 16.7 Å². The van der Waals surface area contributed by atoms with Crippen LogP contribution in [0.2, 0.25) is 5.15 Å². The number of amides is 1. The van der Waals surface area contributed by atoms with Gasteiger partial charge in [-0.2, -0.15) is 0 Å². The zero-order valence-corrected chi connectivity index (χ0v) is 13.6. The van der Waals surface area contributed by atoms with E-state index in [1.807, 2.05) is 0 Å². The van der Waals surface area contributed by atoms with E-state index in [1.54, 1.807) is 12.3 Å². The van der Waals surface area contributed by atoms with Crippen molar-refractivity contribution in [2.45, 2.75) is 45.4 Å². The van der Waals surface area contributed by atoms with Gasteiger partial charge in [0.25, 0.3) is 5.91 Å². The number of nitrogens with zero attached hydrogens (tertiary/aromatic N) is 1. The number of halogens is 2. The molecular weight excluding hydrogens is 328 g/mol. The molecule has 0 aromatic carbocycles. The van der Waals surface area contributed by atoms with Gasteiger partial charge in [-0.05, 0) is 28.4 Å². The van der Waals surface area contributed by atoms with Crippen LogP contribution in [-0.4, -0.2) is 17.4 Å². The van der Waals surface area contributed by atoms with Crippen LogP contribution in [0.4, 0.5) is 0 Å². The summed E-state index contributed by atoms with van der Waals surface area (Å²) in [5.41, 5.74) is 0.419. The van der Waals surface area contributed by atoms with Crippen molar-refractivity contribution in [2.75, 3.05) is 6.54 Å². The summed E-state index contributed by atoms with van der Waals surface area (Å²) in [4.78, 5) is 15.8. The van der Waals surface area contributed by atoms with Crippen LogP contribution in [0, 0.1) is 0 Å². The first-order valence-electron chi connectivity index (χ1n) is 6.74. The molecule has 1 N–H and O–H groups in total. The van der Waals surface area contributed by atoms with E-state index in [2.05, 4.69) is 33.2 Å². The Morgan fingerprint density at radius 1 is 1.32 bits per heavy atom. The van der Waals surface area contributed by atoms with Gasteiger partial charge in [0.1, 0.15) is 5.15 Å². The second-order valence-corrected chi connectivity index (χ2v) is 5.79. The third-order valence-corrected chi connectivity index (χ3v) is 3.60. The molecule has 1 aromatic heterocycles. The van der Waals surface area contributed by atoms with Crippen LogP contribution in [0.1, 0.15) is 55.8 Å². The summed E-state index contributed by atoms with van der Waals surface area (Å²) in [6.07, 6.45) is 8.82. The minimum absolute atomic E-state index is 0.160. The Morgan fingerprint density at radius 2 is 2.00 bits per heavy atom.